The van der Waals surface area contributed by atoms with Gasteiger partial charge in [-0.25, -0.2) is 4.98 Å². The molecule has 1 fully saturated rings. The lowest BCUT2D eigenvalue weighted by Crippen LogP contribution is -2.48. The van der Waals surface area contributed by atoms with Crippen LogP contribution in [-0.2, 0) is 6.42 Å². The van der Waals surface area contributed by atoms with Gasteiger partial charge in [0, 0.05) is 44.8 Å². The van der Waals surface area contributed by atoms with Gasteiger partial charge in [-0.3, -0.25) is 9.69 Å². The van der Waals surface area contributed by atoms with Gasteiger partial charge in [-0.1, -0.05) is 25.1 Å². The van der Waals surface area contributed by atoms with Crippen LogP contribution in [0.2, 0.25) is 0 Å². The normalized spacial score (nSPS) is 20.1. The number of Topliss-reactive ketones (excluding diaryl/α,β-unsaturated/α-hetero) is 1. The van der Waals surface area contributed by atoms with E-state index in [1.165, 1.54) is 0 Å². The van der Waals surface area contributed by atoms with Crippen molar-refractivity contribution in [2.75, 3.05) is 49.5 Å². The first-order valence-corrected chi connectivity index (χ1v) is 9.98. The number of nitrogens with zero attached hydrogens (tertiary/aromatic N) is 4. The topological polar surface area (TPSA) is 81.6 Å². The number of piperazine rings is 1. The number of para-hydroxylation sites is 1. The van der Waals surface area contributed by atoms with E-state index in [1.54, 1.807) is 0 Å². The monoisotopic (exact) mass is 381 g/mol. The van der Waals surface area contributed by atoms with E-state index >= 15 is 0 Å². The summed E-state index contributed by atoms with van der Waals surface area (Å²) < 4.78 is 0. The molecule has 1 aliphatic heterocycles. The number of rotatable bonds is 5. The average molecular weight is 381 g/mol. The van der Waals surface area contributed by atoms with Gasteiger partial charge in [0.15, 0.2) is 5.78 Å². The SMILES string of the molecule is CC1CC(=O)c2c(nc(N3CCN(CCO)CC3)nc2Nc2ccccc2)C1. The third-order valence-electron chi connectivity index (χ3n) is 5.43. The molecule has 1 saturated heterocycles. The Bertz CT molecular complexity index is 834. The largest absolute Gasteiger partial charge is 0.395 e. The van der Waals surface area contributed by atoms with Crippen molar-refractivity contribution in [1.29, 1.82) is 0 Å². The third kappa shape index (κ3) is 4.00. The summed E-state index contributed by atoms with van der Waals surface area (Å²) in [5.74, 6) is 1.71. The zero-order valence-electron chi connectivity index (χ0n) is 16.3. The number of anilines is 3. The van der Waals surface area contributed by atoms with Gasteiger partial charge in [0.25, 0.3) is 0 Å². The molecular formula is C21H27N5O2. The van der Waals surface area contributed by atoms with Gasteiger partial charge >= 0.3 is 0 Å². The van der Waals surface area contributed by atoms with Crippen LogP contribution in [0.3, 0.4) is 0 Å². The summed E-state index contributed by atoms with van der Waals surface area (Å²) in [6, 6.07) is 9.82. The Balaban J connectivity index is 1.65. The number of nitrogens with one attached hydrogen (secondary N) is 1. The van der Waals surface area contributed by atoms with Gasteiger partial charge in [-0.2, -0.15) is 4.98 Å². The van der Waals surface area contributed by atoms with Gasteiger partial charge < -0.3 is 15.3 Å². The quantitative estimate of drug-likeness (QED) is 0.821. The highest BCUT2D eigenvalue weighted by atomic mass is 16.3. The predicted molar refractivity (Wildman–Crippen MR) is 109 cm³/mol. The number of fused-ring (bicyclic) bond motifs is 1. The molecule has 0 saturated carbocycles. The fourth-order valence-electron chi connectivity index (χ4n) is 3.96. The molecule has 7 nitrogen and oxygen atoms in total. The molecule has 1 atom stereocenters. The van der Waals surface area contributed by atoms with Gasteiger partial charge in [-0.15, -0.1) is 0 Å². The van der Waals surface area contributed by atoms with Gasteiger partial charge in [-0.05, 0) is 24.5 Å². The van der Waals surface area contributed by atoms with Crippen LogP contribution in [0.5, 0.6) is 0 Å². The Morgan fingerprint density at radius 2 is 1.86 bits per heavy atom. The van der Waals surface area contributed by atoms with E-state index in [1.807, 2.05) is 30.3 Å². The van der Waals surface area contributed by atoms with Crippen molar-refractivity contribution in [2.45, 2.75) is 19.8 Å². The summed E-state index contributed by atoms with van der Waals surface area (Å²) in [7, 11) is 0. The summed E-state index contributed by atoms with van der Waals surface area (Å²) in [6.45, 7) is 6.35. The average Bonchev–Trinajstić information content (AvgIpc) is 2.69. The number of benzene rings is 1. The van der Waals surface area contributed by atoms with E-state index in [0.29, 0.717) is 36.2 Å². The fourth-order valence-corrected chi connectivity index (χ4v) is 3.96. The van der Waals surface area contributed by atoms with E-state index in [9.17, 15) is 4.79 Å². The Labute approximate surface area is 165 Å². The van der Waals surface area contributed by atoms with Crippen LogP contribution in [0.1, 0.15) is 29.4 Å². The Kier molecular flexibility index (Phi) is 5.54. The number of aromatic nitrogens is 2. The molecule has 2 heterocycles. The molecule has 0 radical (unpaired) electrons. The highest BCUT2D eigenvalue weighted by molar-refractivity contribution is 6.03. The lowest BCUT2D eigenvalue weighted by atomic mass is 9.87. The van der Waals surface area contributed by atoms with Gasteiger partial charge in [0.2, 0.25) is 5.95 Å². The molecule has 2 N–H and O–H groups in total. The maximum atomic E-state index is 12.7. The molecule has 0 bridgehead atoms. The first-order valence-electron chi connectivity index (χ1n) is 9.98. The highest BCUT2D eigenvalue weighted by Gasteiger charge is 2.30. The zero-order valence-corrected chi connectivity index (χ0v) is 16.3. The van der Waals surface area contributed by atoms with E-state index in [2.05, 4.69) is 22.0 Å². The first-order chi connectivity index (χ1) is 13.6. The summed E-state index contributed by atoms with van der Waals surface area (Å²) in [4.78, 5) is 26.7. The van der Waals surface area contributed by atoms with Crippen molar-refractivity contribution in [2.24, 2.45) is 5.92 Å². The number of ketones is 1. The molecule has 7 heteroatoms. The molecule has 0 amide bonds. The van der Waals surface area contributed by atoms with E-state index in [0.717, 1.165) is 44.0 Å². The molecule has 1 aromatic heterocycles. The molecule has 1 aromatic carbocycles. The maximum Gasteiger partial charge on any atom is 0.227 e. The number of hydrogen-bond acceptors (Lipinski definition) is 7. The molecule has 2 aromatic rings. The number of carbonyl (C=O) groups excluding carboxylic acids is 1. The Morgan fingerprint density at radius 3 is 2.57 bits per heavy atom. The molecular weight excluding hydrogens is 354 g/mol. The number of aliphatic hydroxyl groups excluding tert-OH is 1. The van der Waals surface area contributed by atoms with Gasteiger partial charge in [0.05, 0.1) is 17.9 Å². The van der Waals surface area contributed by atoms with E-state index in [4.69, 9.17) is 15.1 Å². The fraction of sp³-hybridized carbons (Fsp3) is 0.476. The first kappa shape index (κ1) is 18.8. The minimum atomic E-state index is 0.117. The number of carbonyl (C=O) groups is 1. The standard InChI is InChI=1S/C21H27N5O2/c1-15-13-17-19(18(28)14-15)20(22-16-5-3-2-4-6-16)24-21(23-17)26-9-7-25(8-10-26)11-12-27/h2-6,15,27H,7-14H2,1H3,(H,22,23,24). The van der Waals surface area contributed by atoms with Crippen LogP contribution in [0.4, 0.5) is 17.5 Å². The van der Waals surface area contributed by atoms with Crippen molar-refractivity contribution in [3.63, 3.8) is 0 Å². The Morgan fingerprint density at radius 1 is 1.11 bits per heavy atom. The van der Waals surface area contributed by atoms with Crippen LogP contribution in [0.25, 0.3) is 0 Å². The minimum Gasteiger partial charge on any atom is -0.395 e. The van der Waals surface area contributed by atoms with Crippen molar-refractivity contribution in [3.05, 3.63) is 41.6 Å². The molecule has 1 unspecified atom stereocenters. The number of β-amino-alcohol motifs (C(OH)–C–C–N with tert-alkyl or cyclic N) is 1. The molecule has 0 spiro atoms. The summed E-state index contributed by atoms with van der Waals surface area (Å²) >= 11 is 0. The van der Waals surface area contributed by atoms with E-state index < -0.39 is 0 Å². The van der Waals surface area contributed by atoms with Crippen molar-refractivity contribution in [3.8, 4) is 0 Å². The maximum absolute atomic E-state index is 12.7. The third-order valence-corrected chi connectivity index (χ3v) is 5.43. The zero-order chi connectivity index (χ0) is 19.5. The van der Waals surface area contributed by atoms with Crippen molar-refractivity contribution < 1.29 is 9.90 Å². The lowest BCUT2D eigenvalue weighted by Gasteiger charge is -2.35. The minimum absolute atomic E-state index is 0.117. The lowest BCUT2D eigenvalue weighted by molar-refractivity contribution is 0.0952. The smallest absolute Gasteiger partial charge is 0.227 e. The summed E-state index contributed by atoms with van der Waals surface area (Å²) in [5.41, 5.74) is 2.41. The summed E-state index contributed by atoms with van der Waals surface area (Å²) in [6.07, 6.45) is 1.34. The number of aliphatic hydroxyl groups is 1. The van der Waals surface area contributed by atoms with Crippen LogP contribution in [0, 0.1) is 5.92 Å². The van der Waals surface area contributed by atoms with Crippen LogP contribution in [-0.4, -0.2) is 65.1 Å². The van der Waals surface area contributed by atoms with Crippen LogP contribution in [0.15, 0.2) is 30.3 Å². The Hall–Kier alpha value is -2.51. The second-order valence-corrected chi connectivity index (χ2v) is 7.67. The summed E-state index contributed by atoms with van der Waals surface area (Å²) in [5, 5.41) is 12.5. The van der Waals surface area contributed by atoms with E-state index in [-0.39, 0.29) is 12.4 Å². The van der Waals surface area contributed by atoms with Crippen molar-refractivity contribution >= 4 is 23.2 Å². The van der Waals surface area contributed by atoms with Crippen molar-refractivity contribution in [1.82, 2.24) is 14.9 Å². The molecule has 2 aliphatic rings. The predicted octanol–water partition coefficient (Wildman–Crippen LogP) is 2.10. The van der Waals surface area contributed by atoms with Crippen LogP contribution < -0.4 is 10.2 Å². The number of hydrogen-bond donors (Lipinski definition) is 2. The molecule has 148 valence electrons. The molecule has 4 rings (SSSR count). The molecule has 28 heavy (non-hydrogen) atoms. The molecule has 1 aliphatic carbocycles. The highest BCUT2D eigenvalue weighted by Crippen LogP contribution is 2.32. The van der Waals surface area contributed by atoms with Crippen LogP contribution >= 0.6 is 0 Å². The second kappa shape index (κ2) is 8.24. The second-order valence-electron chi connectivity index (χ2n) is 7.67. The van der Waals surface area contributed by atoms with Gasteiger partial charge in [0.1, 0.15) is 5.82 Å².